The van der Waals surface area contributed by atoms with Gasteiger partial charge in [0, 0.05) is 29.7 Å². The number of benzene rings is 1. The molecule has 0 aliphatic heterocycles. The van der Waals surface area contributed by atoms with E-state index in [0.717, 1.165) is 16.8 Å². The van der Waals surface area contributed by atoms with Crippen LogP contribution in [0.1, 0.15) is 5.56 Å². The maximum Gasteiger partial charge on any atom is 0.0992 e. The number of nitriles is 1. The number of pyridine rings is 1. The maximum atomic E-state index is 8.90. The molecule has 0 N–H and O–H groups in total. The SMILES string of the molecule is N#Cc1cccc(-n2cc(-c3cccnc3)cn2)c1. The summed E-state index contributed by atoms with van der Waals surface area (Å²) in [6.45, 7) is 0. The Kier molecular flexibility index (Phi) is 2.79. The zero-order valence-corrected chi connectivity index (χ0v) is 10.1. The quantitative estimate of drug-likeness (QED) is 0.698. The standard InChI is InChI=1S/C15H10N4/c16-8-12-3-1-5-15(7-12)19-11-14(10-18-19)13-4-2-6-17-9-13/h1-7,9-11H. The summed E-state index contributed by atoms with van der Waals surface area (Å²) in [5.41, 5.74) is 3.51. The van der Waals surface area contributed by atoms with Gasteiger partial charge in [-0.3, -0.25) is 4.98 Å². The lowest BCUT2D eigenvalue weighted by molar-refractivity contribution is 0.880. The van der Waals surface area contributed by atoms with Gasteiger partial charge in [0.05, 0.1) is 23.5 Å². The molecular weight excluding hydrogens is 236 g/mol. The number of nitrogens with zero attached hydrogens (tertiary/aromatic N) is 4. The van der Waals surface area contributed by atoms with E-state index in [-0.39, 0.29) is 0 Å². The molecule has 3 rings (SSSR count). The molecule has 2 aromatic heterocycles. The summed E-state index contributed by atoms with van der Waals surface area (Å²) in [6.07, 6.45) is 7.25. The zero-order valence-electron chi connectivity index (χ0n) is 10.1. The van der Waals surface area contributed by atoms with E-state index in [1.165, 1.54) is 0 Å². The van der Waals surface area contributed by atoms with Crippen molar-refractivity contribution in [2.24, 2.45) is 0 Å². The Hall–Kier alpha value is -2.93. The average molecular weight is 246 g/mol. The molecule has 0 aliphatic rings. The van der Waals surface area contributed by atoms with Gasteiger partial charge in [0.15, 0.2) is 0 Å². The Bertz CT molecular complexity index is 738. The summed E-state index contributed by atoms with van der Waals surface area (Å²) < 4.78 is 1.75. The first kappa shape index (κ1) is 11.2. The maximum absolute atomic E-state index is 8.90. The van der Waals surface area contributed by atoms with Crippen LogP contribution in [-0.2, 0) is 0 Å². The molecule has 0 saturated heterocycles. The van der Waals surface area contributed by atoms with Crippen molar-refractivity contribution in [2.75, 3.05) is 0 Å². The third kappa shape index (κ3) is 2.22. The largest absolute Gasteiger partial charge is 0.264 e. The molecule has 1 aromatic carbocycles. The summed E-state index contributed by atoms with van der Waals surface area (Å²) in [5, 5.41) is 13.2. The molecule has 3 aromatic rings. The van der Waals surface area contributed by atoms with Crippen molar-refractivity contribution < 1.29 is 0 Å². The second-order valence-corrected chi connectivity index (χ2v) is 4.08. The van der Waals surface area contributed by atoms with Gasteiger partial charge in [-0.05, 0) is 24.3 Å². The molecule has 0 unspecified atom stereocenters. The second-order valence-electron chi connectivity index (χ2n) is 4.08. The molecule has 90 valence electrons. The van der Waals surface area contributed by atoms with E-state index >= 15 is 0 Å². The first-order valence-corrected chi connectivity index (χ1v) is 5.82. The van der Waals surface area contributed by atoms with Gasteiger partial charge >= 0.3 is 0 Å². The molecule has 0 saturated carbocycles. The fourth-order valence-electron chi connectivity index (χ4n) is 1.86. The van der Waals surface area contributed by atoms with E-state index in [2.05, 4.69) is 16.2 Å². The minimum Gasteiger partial charge on any atom is -0.264 e. The Morgan fingerprint density at radius 2 is 2.00 bits per heavy atom. The smallest absolute Gasteiger partial charge is 0.0992 e. The van der Waals surface area contributed by atoms with Crippen LogP contribution in [0.25, 0.3) is 16.8 Å². The monoisotopic (exact) mass is 246 g/mol. The summed E-state index contributed by atoms with van der Waals surface area (Å²) in [5.74, 6) is 0. The van der Waals surface area contributed by atoms with E-state index in [0.29, 0.717) is 5.56 Å². The highest BCUT2D eigenvalue weighted by Crippen LogP contribution is 2.19. The first-order valence-electron chi connectivity index (χ1n) is 5.82. The highest BCUT2D eigenvalue weighted by molar-refractivity contribution is 5.61. The van der Waals surface area contributed by atoms with Gasteiger partial charge in [-0.25, -0.2) is 4.68 Å². The molecule has 2 heterocycles. The highest BCUT2D eigenvalue weighted by Gasteiger charge is 2.03. The summed E-state index contributed by atoms with van der Waals surface area (Å²) in [6, 6.07) is 13.3. The molecule has 19 heavy (non-hydrogen) atoms. The first-order chi connectivity index (χ1) is 9.36. The third-order valence-electron chi connectivity index (χ3n) is 2.82. The van der Waals surface area contributed by atoms with Crippen molar-refractivity contribution in [2.45, 2.75) is 0 Å². The predicted molar refractivity (Wildman–Crippen MR) is 71.5 cm³/mol. The fraction of sp³-hybridized carbons (Fsp3) is 0. The summed E-state index contributed by atoms with van der Waals surface area (Å²) >= 11 is 0. The van der Waals surface area contributed by atoms with E-state index in [1.807, 2.05) is 30.5 Å². The Morgan fingerprint density at radius 3 is 2.79 bits per heavy atom. The molecule has 0 spiro atoms. The van der Waals surface area contributed by atoms with Crippen LogP contribution < -0.4 is 0 Å². The van der Waals surface area contributed by atoms with Crippen molar-refractivity contribution >= 4 is 0 Å². The van der Waals surface area contributed by atoms with Crippen LogP contribution in [0.5, 0.6) is 0 Å². The Balaban J connectivity index is 2.00. The average Bonchev–Trinajstić information content (AvgIpc) is 2.98. The van der Waals surface area contributed by atoms with Crippen molar-refractivity contribution in [1.29, 1.82) is 5.26 Å². The van der Waals surface area contributed by atoms with Crippen molar-refractivity contribution in [3.05, 3.63) is 66.7 Å². The van der Waals surface area contributed by atoms with Gasteiger partial charge in [-0.2, -0.15) is 10.4 Å². The minimum atomic E-state index is 0.621. The van der Waals surface area contributed by atoms with Gasteiger partial charge in [0.1, 0.15) is 0 Å². The molecule has 0 atom stereocenters. The van der Waals surface area contributed by atoms with E-state index in [9.17, 15) is 0 Å². The molecule has 0 radical (unpaired) electrons. The zero-order chi connectivity index (χ0) is 13.1. The Morgan fingerprint density at radius 1 is 1.05 bits per heavy atom. The minimum absolute atomic E-state index is 0.621. The van der Waals surface area contributed by atoms with Gasteiger partial charge < -0.3 is 0 Å². The van der Waals surface area contributed by atoms with Crippen LogP contribution in [0.3, 0.4) is 0 Å². The summed E-state index contributed by atoms with van der Waals surface area (Å²) in [7, 11) is 0. The van der Waals surface area contributed by atoms with Crippen LogP contribution in [0, 0.1) is 11.3 Å². The second kappa shape index (κ2) is 4.75. The molecule has 4 heteroatoms. The van der Waals surface area contributed by atoms with E-state index in [1.54, 1.807) is 35.4 Å². The van der Waals surface area contributed by atoms with Crippen LogP contribution in [0.4, 0.5) is 0 Å². The molecule has 0 amide bonds. The van der Waals surface area contributed by atoms with Gasteiger partial charge in [0.25, 0.3) is 0 Å². The molecule has 0 aliphatic carbocycles. The van der Waals surface area contributed by atoms with E-state index in [4.69, 9.17) is 5.26 Å². The Labute approximate surface area is 110 Å². The number of aromatic nitrogens is 3. The van der Waals surface area contributed by atoms with E-state index < -0.39 is 0 Å². The number of hydrogen-bond acceptors (Lipinski definition) is 3. The van der Waals surface area contributed by atoms with Gasteiger partial charge in [-0.15, -0.1) is 0 Å². The number of rotatable bonds is 2. The van der Waals surface area contributed by atoms with Crippen LogP contribution in [-0.4, -0.2) is 14.8 Å². The highest BCUT2D eigenvalue weighted by atomic mass is 15.3. The van der Waals surface area contributed by atoms with Gasteiger partial charge in [-0.1, -0.05) is 12.1 Å². The van der Waals surface area contributed by atoms with Crippen molar-refractivity contribution in [1.82, 2.24) is 14.8 Å². The van der Waals surface area contributed by atoms with Crippen LogP contribution >= 0.6 is 0 Å². The fourth-order valence-corrected chi connectivity index (χ4v) is 1.86. The topological polar surface area (TPSA) is 54.5 Å². The predicted octanol–water partition coefficient (Wildman–Crippen LogP) is 2.81. The normalized spacial score (nSPS) is 10.1. The van der Waals surface area contributed by atoms with Crippen LogP contribution in [0.2, 0.25) is 0 Å². The van der Waals surface area contributed by atoms with Gasteiger partial charge in [0.2, 0.25) is 0 Å². The molecule has 0 fully saturated rings. The van der Waals surface area contributed by atoms with Crippen molar-refractivity contribution in [3.63, 3.8) is 0 Å². The number of hydrogen-bond donors (Lipinski definition) is 0. The third-order valence-corrected chi connectivity index (χ3v) is 2.82. The summed E-state index contributed by atoms with van der Waals surface area (Å²) in [4.78, 5) is 4.09. The van der Waals surface area contributed by atoms with Crippen LogP contribution in [0.15, 0.2) is 61.2 Å². The molecule has 0 bridgehead atoms. The lowest BCUT2D eigenvalue weighted by Crippen LogP contribution is -1.94. The lowest BCUT2D eigenvalue weighted by atomic mass is 10.2. The lowest BCUT2D eigenvalue weighted by Gasteiger charge is -2.00. The van der Waals surface area contributed by atoms with Crippen molar-refractivity contribution in [3.8, 4) is 22.9 Å². The molecule has 4 nitrogen and oxygen atoms in total. The molecular formula is C15H10N4.